The van der Waals surface area contributed by atoms with Gasteiger partial charge in [-0.05, 0) is 31.5 Å². The van der Waals surface area contributed by atoms with Crippen LogP contribution in [0.3, 0.4) is 0 Å². The summed E-state index contributed by atoms with van der Waals surface area (Å²) in [6.07, 6.45) is 4.40. The molecule has 1 N–H and O–H groups in total. The number of benzene rings is 1. The first-order valence-electron chi connectivity index (χ1n) is 7.38. The van der Waals surface area contributed by atoms with Crippen molar-refractivity contribution in [2.75, 3.05) is 13.6 Å². The third-order valence-corrected chi connectivity index (χ3v) is 4.92. The lowest BCUT2D eigenvalue weighted by Gasteiger charge is -2.39. The van der Waals surface area contributed by atoms with Gasteiger partial charge in [0.1, 0.15) is 5.78 Å². The highest BCUT2D eigenvalue weighted by atomic mass is 19.2. The second-order valence-electron chi connectivity index (χ2n) is 6.28. The fourth-order valence-electron chi connectivity index (χ4n) is 3.77. The number of H-pyrrole nitrogens is 1. The second-order valence-corrected chi connectivity index (χ2v) is 6.28. The Hall–Kier alpha value is -2.01. The molecule has 0 bridgehead atoms. The third kappa shape index (κ3) is 1.72. The molecule has 1 aliphatic carbocycles. The summed E-state index contributed by atoms with van der Waals surface area (Å²) in [5, 5.41) is 0.749. The van der Waals surface area contributed by atoms with E-state index in [9.17, 15) is 13.6 Å². The highest BCUT2D eigenvalue weighted by Crippen LogP contribution is 2.42. The number of ketones is 1. The number of Topliss-reactive ketones (excluding diaryl/α,β-unsaturated/α-hetero) is 1. The van der Waals surface area contributed by atoms with E-state index in [4.69, 9.17) is 0 Å². The Morgan fingerprint density at radius 3 is 2.91 bits per heavy atom. The highest BCUT2D eigenvalue weighted by molar-refractivity contribution is 5.99. The molecule has 0 amide bonds. The lowest BCUT2D eigenvalue weighted by molar-refractivity contribution is -0.120. The molecule has 1 aromatic heterocycles. The number of aromatic amines is 1. The summed E-state index contributed by atoms with van der Waals surface area (Å²) in [4.78, 5) is 16.9. The summed E-state index contributed by atoms with van der Waals surface area (Å²) >= 11 is 0. The summed E-state index contributed by atoms with van der Waals surface area (Å²) in [6.45, 7) is 2.15. The molecule has 0 radical (unpaired) electrons. The van der Waals surface area contributed by atoms with Crippen molar-refractivity contribution in [3.8, 4) is 0 Å². The normalized spacial score (nSPS) is 24.3. The van der Waals surface area contributed by atoms with E-state index in [1.165, 1.54) is 13.0 Å². The fourth-order valence-corrected chi connectivity index (χ4v) is 3.77. The van der Waals surface area contributed by atoms with Gasteiger partial charge < -0.3 is 4.98 Å². The molecule has 0 unspecified atom stereocenters. The Balaban J connectivity index is 2.04. The van der Waals surface area contributed by atoms with Gasteiger partial charge in [-0.3, -0.25) is 9.69 Å². The van der Waals surface area contributed by atoms with Gasteiger partial charge >= 0.3 is 0 Å². The highest BCUT2D eigenvalue weighted by Gasteiger charge is 2.37. The van der Waals surface area contributed by atoms with E-state index in [0.29, 0.717) is 17.6 Å². The van der Waals surface area contributed by atoms with Gasteiger partial charge in [0.2, 0.25) is 0 Å². The van der Waals surface area contributed by atoms with Gasteiger partial charge in [-0.15, -0.1) is 0 Å². The molecule has 2 heterocycles. The van der Waals surface area contributed by atoms with Crippen LogP contribution in [0, 0.1) is 17.6 Å². The Morgan fingerprint density at radius 1 is 1.41 bits per heavy atom. The molecule has 0 spiro atoms. The van der Waals surface area contributed by atoms with Crippen molar-refractivity contribution in [1.82, 2.24) is 9.88 Å². The molecule has 0 saturated heterocycles. The van der Waals surface area contributed by atoms with Crippen molar-refractivity contribution in [3.05, 3.63) is 41.1 Å². The first kappa shape index (κ1) is 13.6. The van der Waals surface area contributed by atoms with Gasteiger partial charge in [-0.1, -0.05) is 6.08 Å². The average Bonchev–Trinajstić information content (AvgIpc) is 2.87. The standard InChI is InChI=1S/C17H16F2N2O/c1-8(22)10-3-11-14(21(2)7-10)4-9-6-20-13-5-12(18)17(19)16(11)15(9)13/h3,5-6,10,14,20H,4,7H2,1-2H3/t10-,14-/m1/s1. The summed E-state index contributed by atoms with van der Waals surface area (Å²) in [7, 11) is 1.93. The van der Waals surface area contributed by atoms with E-state index in [-0.39, 0.29) is 17.7 Å². The van der Waals surface area contributed by atoms with Crippen molar-refractivity contribution in [1.29, 1.82) is 0 Å². The molecular weight excluding hydrogens is 286 g/mol. The molecule has 2 aromatic rings. The van der Waals surface area contributed by atoms with Crippen molar-refractivity contribution in [2.45, 2.75) is 19.4 Å². The molecule has 114 valence electrons. The molecule has 3 nitrogen and oxygen atoms in total. The van der Waals surface area contributed by atoms with Crippen molar-refractivity contribution < 1.29 is 13.6 Å². The number of carbonyl (C=O) groups is 1. The number of hydrogen-bond acceptors (Lipinski definition) is 2. The van der Waals surface area contributed by atoms with E-state index in [1.54, 1.807) is 0 Å². The van der Waals surface area contributed by atoms with Gasteiger partial charge in [-0.25, -0.2) is 8.78 Å². The van der Waals surface area contributed by atoms with Crippen LogP contribution in [0.5, 0.6) is 0 Å². The summed E-state index contributed by atoms with van der Waals surface area (Å²) in [5.74, 6) is -1.90. The quantitative estimate of drug-likeness (QED) is 0.879. The first-order chi connectivity index (χ1) is 10.5. The Morgan fingerprint density at radius 2 is 2.18 bits per heavy atom. The lowest BCUT2D eigenvalue weighted by atomic mass is 9.79. The Kier molecular flexibility index (Phi) is 2.78. The van der Waals surface area contributed by atoms with Crippen LogP contribution in [0.4, 0.5) is 8.78 Å². The number of likely N-dealkylation sites (N-methyl/N-ethyl adjacent to an activating group) is 1. The minimum atomic E-state index is -0.856. The largest absolute Gasteiger partial charge is 0.361 e. The molecule has 1 aromatic carbocycles. The topological polar surface area (TPSA) is 36.1 Å². The fraction of sp³-hybridized carbons (Fsp3) is 0.353. The van der Waals surface area contributed by atoms with Crippen LogP contribution in [-0.4, -0.2) is 35.3 Å². The maximum absolute atomic E-state index is 14.5. The Bertz CT molecular complexity index is 837. The zero-order chi connectivity index (χ0) is 15.6. The SMILES string of the molecule is CC(=O)[C@@H]1C=C2c3c(F)c(F)cc4[nH]cc(c34)C[C@H]2N(C)C1. The van der Waals surface area contributed by atoms with Crippen LogP contribution in [0.2, 0.25) is 0 Å². The number of carbonyl (C=O) groups excluding carboxylic acids is 1. The molecule has 4 rings (SSSR count). The summed E-state index contributed by atoms with van der Waals surface area (Å²) < 4.78 is 28.5. The molecule has 5 heteroatoms. The maximum atomic E-state index is 14.5. The van der Waals surface area contributed by atoms with Gasteiger partial charge in [0.05, 0.1) is 0 Å². The van der Waals surface area contributed by atoms with Crippen LogP contribution in [0.25, 0.3) is 16.5 Å². The predicted molar refractivity (Wildman–Crippen MR) is 80.5 cm³/mol. The van der Waals surface area contributed by atoms with E-state index in [2.05, 4.69) is 9.88 Å². The lowest BCUT2D eigenvalue weighted by Crippen LogP contribution is -2.44. The zero-order valence-electron chi connectivity index (χ0n) is 12.4. The number of nitrogens with zero attached hydrogens (tertiary/aromatic N) is 1. The molecule has 22 heavy (non-hydrogen) atoms. The minimum absolute atomic E-state index is 0.0154. The second kappa shape index (κ2) is 4.49. The summed E-state index contributed by atoms with van der Waals surface area (Å²) in [5.41, 5.74) is 2.67. The number of aromatic nitrogens is 1. The van der Waals surface area contributed by atoms with Crippen molar-refractivity contribution in [3.63, 3.8) is 0 Å². The van der Waals surface area contributed by atoms with Gasteiger partial charge in [0, 0.05) is 47.2 Å². The van der Waals surface area contributed by atoms with E-state index < -0.39 is 11.6 Å². The number of rotatable bonds is 1. The molecule has 2 atom stereocenters. The van der Waals surface area contributed by atoms with E-state index in [0.717, 1.165) is 22.9 Å². The molecule has 1 aliphatic heterocycles. The third-order valence-electron chi connectivity index (χ3n) is 4.92. The van der Waals surface area contributed by atoms with Gasteiger partial charge in [0.25, 0.3) is 0 Å². The molecule has 0 saturated carbocycles. The van der Waals surface area contributed by atoms with Crippen LogP contribution in [-0.2, 0) is 11.2 Å². The van der Waals surface area contributed by atoms with E-state index >= 15 is 0 Å². The van der Waals surface area contributed by atoms with Crippen LogP contribution >= 0.6 is 0 Å². The van der Waals surface area contributed by atoms with Crippen LogP contribution in [0.1, 0.15) is 18.1 Å². The predicted octanol–water partition coefficient (Wildman–Crippen LogP) is 2.90. The van der Waals surface area contributed by atoms with Crippen LogP contribution < -0.4 is 0 Å². The Labute approximate surface area is 126 Å². The number of hydrogen-bond donors (Lipinski definition) is 1. The van der Waals surface area contributed by atoms with E-state index in [1.807, 2.05) is 19.3 Å². The summed E-state index contributed by atoms with van der Waals surface area (Å²) in [6, 6.07) is 1.19. The first-order valence-corrected chi connectivity index (χ1v) is 7.38. The molecule has 2 aliphatic rings. The monoisotopic (exact) mass is 302 g/mol. The van der Waals surface area contributed by atoms with Gasteiger partial charge in [-0.2, -0.15) is 0 Å². The molecule has 0 fully saturated rings. The van der Waals surface area contributed by atoms with Crippen LogP contribution in [0.15, 0.2) is 18.3 Å². The maximum Gasteiger partial charge on any atom is 0.167 e. The number of fused-ring (bicyclic) bond motifs is 2. The zero-order valence-corrected chi connectivity index (χ0v) is 12.4. The average molecular weight is 302 g/mol. The van der Waals surface area contributed by atoms with Crippen molar-refractivity contribution >= 4 is 22.3 Å². The minimum Gasteiger partial charge on any atom is -0.361 e. The van der Waals surface area contributed by atoms with Crippen molar-refractivity contribution in [2.24, 2.45) is 5.92 Å². The molecular formula is C17H16F2N2O. The smallest absolute Gasteiger partial charge is 0.167 e. The number of halogens is 2. The van der Waals surface area contributed by atoms with Gasteiger partial charge in [0.15, 0.2) is 11.6 Å². The number of nitrogens with one attached hydrogen (secondary N) is 1.